The fourth-order valence-corrected chi connectivity index (χ4v) is 2.69. The molecule has 0 atom stereocenters. The zero-order valence-corrected chi connectivity index (χ0v) is 17.0. The molecule has 0 aliphatic carbocycles. The number of H-pyrrole nitrogens is 2. The molecular weight excluding hydrogens is 386 g/mol. The van der Waals surface area contributed by atoms with E-state index in [0.29, 0.717) is 12.8 Å². The van der Waals surface area contributed by atoms with Crippen molar-refractivity contribution in [2.75, 3.05) is 0 Å². The summed E-state index contributed by atoms with van der Waals surface area (Å²) in [6.45, 7) is 6.24. The normalized spacial score (nSPS) is 10.0. The summed E-state index contributed by atoms with van der Waals surface area (Å²) < 4.78 is 25.5. The molecule has 4 aromatic rings. The second kappa shape index (κ2) is 10.9. The number of Topliss-reactive ketones (excluding diaryl/α,β-unsaturated/α-hetero) is 1. The molecule has 0 saturated carbocycles. The first-order chi connectivity index (χ1) is 14.3. The average molecular weight is 410 g/mol. The van der Waals surface area contributed by atoms with Crippen LogP contribution in [0.5, 0.6) is 0 Å². The van der Waals surface area contributed by atoms with Gasteiger partial charge in [0.1, 0.15) is 17.4 Å². The number of hydrogen-bond donors (Lipinski definition) is 2. The Morgan fingerprint density at radius 3 is 2.23 bits per heavy atom. The van der Waals surface area contributed by atoms with E-state index >= 15 is 0 Å². The van der Waals surface area contributed by atoms with Crippen LogP contribution in [-0.2, 0) is 16.0 Å². The Bertz CT molecular complexity index is 1160. The molecule has 0 unspecified atom stereocenters. The maximum Gasteiger partial charge on any atom is 0.152 e. The van der Waals surface area contributed by atoms with E-state index in [9.17, 15) is 18.4 Å². The van der Waals surface area contributed by atoms with Gasteiger partial charge in [0.2, 0.25) is 0 Å². The molecule has 0 saturated heterocycles. The number of aromatic nitrogens is 2. The quantitative estimate of drug-likeness (QED) is 0.412. The first-order valence-corrected chi connectivity index (χ1v) is 9.40. The molecule has 0 spiro atoms. The number of hydrogen-bond acceptors (Lipinski definition) is 2. The second-order valence-electron chi connectivity index (χ2n) is 6.73. The smallest absolute Gasteiger partial charge is 0.152 e. The van der Waals surface area contributed by atoms with Gasteiger partial charge in [-0.05, 0) is 74.4 Å². The van der Waals surface area contributed by atoms with Crippen molar-refractivity contribution in [1.29, 1.82) is 0 Å². The van der Waals surface area contributed by atoms with Crippen molar-refractivity contribution in [3.8, 4) is 0 Å². The standard InChI is InChI=1S/C12H12FNO.C8H6FN.C4H6O/c1-8(15)2-3-9-7-14-12-5-4-10(13)6-11(9)12;9-7-1-2-8-6(5-7)3-4-10-8;1-3-4(2)5/h4-7,14H,2-3H2,1H3;1-5,10H;3H,1H2,2H3. The molecule has 4 rings (SSSR count). The summed E-state index contributed by atoms with van der Waals surface area (Å²) in [6.07, 6.45) is 6.08. The highest BCUT2D eigenvalue weighted by Crippen LogP contribution is 2.20. The van der Waals surface area contributed by atoms with Crippen molar-refractivity contribution >= 4 is 33.4 Å². The van der Waals surface area contributed by atoms with Crippen LogP contribution in [0.1, 0.15) is 25.8 Å². The summed E-state index contributed by atoms with van der Waals surface area (Å²) in [5.41, 5.74) is 2.89. The third-order valence-electron chi connectivity index (χ3n) is 4.28. The highest BCUT2D eigenvalue weighted by Gasteiger charge is 2.05. The number of rotatable bonds is 4. The topological polar surface area (TPSA) is 65.7 Å². The number of allylic oxidation sites excluding steroid dienone is 1. The summed E-state index contributed by atoms with van der Waals surface area (Å²) in [4.78, 5) is 26.6. The molecule has 2 aromatic heterocycles. The third kappa shape index (κ3) is 6.81. The van der Waals surface area contributed by atoms with Crippen LogP contribution in [0.3, 0.4) is 0 Å². The Morgan fingerprint density at radius 1 is 0.967 bits per heavy atom. The summed E-state index contributed by atoms with van der Waals surface area (Å²) in [5.74, 6) is -0.260. The number of nitrogens with one attached hydrogen (secondary N) is 2. The van der Waals surface area contributed by atoms with E-state index in [0.717, 1.165) is 27.4 Å². The van der Waals surface area contributed by atoms with E-state index in [4.69, 9.17) is 0 Å². The molecule has 0 fully saturated rings. The zero-order chi connectivity index (χ0) is 22.1. The largest absolute Gasteiger partial charge is 0.361 e. The van der Waals surface area contributed by atoms with Crippen LogP contribution >= 0.6 is 0 Å². The van der Waals surface area contributed by atoms with Crippen LogP contribution in [-0.4, -0.2) is 21.5 Å². The lowest BCUT2D eigenvalue weighted by molar-refractivity contribution is -0.117. The molecule has 6 heteroatoms. The second-order valence-corrected chi connectivity index (χ2v) is 6.73. The Morgan fingerprint density at radius 2 is 1.60 bits per heavy atom. The minimum absolute atomic E-state index is 0.0185. The van der Waals surface area contributed by atoms with Crippen molar-refractivity contribution in [3.05, 3.63) is 84.7 Å². The first-order valence-electron chi connectivity index (χ1n) is 9.40. The van der Waals surface area contributed by atoms with Gasteiger partial charge in [0, 0.05) is 40.6 Å². The van der Waals surface area contributed by atoms with Gasteiger partial charge >= 0.3 is 0 Å². The first kappa shape index (κ1) is 22.7. The van der Waals surface area contributed by atoms with Gasteiger partial charge in [-0.15, -0.1) is 0 Å². The lowest BCUT2D eigenvalue weighted by Crippen LogP contribution is -1.92. The van der Waals surface area contributed by atoms with Crippen molar-refractivity contribution in [2.45, 2.75) is 26.7 Å². The Kier molecular flexibility index (Phi) is 8.23. The number of carbonyl (C=O) groups excluding carboxylic acids is 2. The molecule has 0 aliphatic heterocycles. The molecule has 0 amide bonds. The molecule has 156 valence electrons. The van der Waals surface area contributed by atoms with E-state index in [-0.39, 0.29) is 23.2 Å². The van der Waals surface area contributed by atoms with Gasteiger partial charge in [-0.3, -0.25) is 4.79 Å². The van der Waals surface area contributed by atoms with Crippen molar-refractivity contribution in [2.24, 2.45) is 0 Å². The zero-order valence-electron chi connectivity index (χ0n) is 17.0. The van der Waals surface area contributed by atoms with E-state index < -0.39 is 0 Å². The number of halogens is 2. The number of benzene rings is 2. The molecule has 2 heterocycles. The van der Waals surface area contributed by atoms with Crippen LogP contribution in [0.15, 0.2) is 67.5 Å². The maximum atomic E-state index is 13.0. The Balaban J connectivity index is 0.000000184. The molecular formula is C24H24F2N2O2. The van der Waals surface area contributed by atoms with Gasteiger partial charge < -0.3 is 14.8 Å². The Labute approximate surface area is 173 Å². The molecule has 0 radical (unpaired) electrons. The van der Waals surface area contributed by atoms with Crippen molar-refractivity contribution in [1.82, 2.24) is 9.97 Å². The molecule has 0 bridgehead atoms. The number of fused-ring (bicyclic) bond motifs is 2. The maximum absolute atomic E-state index is 13.0. The van der Waals surface area contributed by atoms with Crippen molar-refractivity contribution < 1.29 is 18.4 Å². The summed E-state index contributed by atoms with van der Waals surface area (Å²) in [7, 11) is 0. The van der Waals surface area contributed by atoms with Crippen LogP contribution < -0.4 is 0 Å². The van der Waals surface area contributed by atoms with Crippen molar-refractivity contribution in [3.63, 3.8) is 0 Å². The highest BCUT2D eigenvalue weighted by atomic mass is 19.1. The lowest BCUT2D eigenvalue weighted by Gasteiger charge is -1.96. The van der Waals surface area contributed by atoms with Crippen LogP contribution in [0.2, 0.25) is 0 Å². The summed E-state index contributed by atoms with van der Waals surface area (Å²) in [5, 5.41) is 1.79. The van der Waals surface area contributed by atoms with Gasteiger partial charge in [0.05, 0.1) is 0 Å². The average Bonchev–Trinajstić information content (AvgIpc) is 3.33. The fourth-order valence-electron chi connectivity index (χ4n) is 2.69. The highest BCUT2D eigenvalue weighted by molar-refractivity contribution is 5.86. The number of carbonyl (C=O) groups is 2. The van der Waals surface area contributed by atoms with Gasteiger partial charge in [0.15, 0.2) is 5.78 Å². The van der Waals surface area contributed by atoms with Gasteiger partial charge in [-0.1, -0.05) is 6.58 Å². The van der Waals surface area contributed by atoms with E-state index in [1.165, 1.54) is 37.3 Å². The van der Waals surface area contributed by atoms with Crippen LogP contribution in [0, 0.1) is 11.6 Å². The minimum atomic E-state index is -0.244. The monoisotopic (exact) mass is 410 g/mol. The molecule has 4 nitrogen and oxygen atoms in total. The van der Waals surface area contributed by atoms with E-state index in [1.807, 2.05) is 12.3 Å². The predicted octanol–water partition coefficient (Wildman–Crippen LogP) is 5.90. The summed E-state index contributed by atoms with van der Waals surface area (Å²) in [6, 6.07) is 11.2. The number of ketones is 2. The SMILES string of the molecule is C=CC(C)=O.CC(=O)CCc1c[nH]c2ccc(F)cc12.Fc1ccc2[nH]ccc2c1. The number of aromatic amines is 2. The molecule has 2 aromatic carbocycles. The predicted molar refractivity (Wildman–Crippen MR) is 116 cm³/mol. The lowest BCUT2D eigenvalue weighted by atomic mass is 10.1. The Hall–Kier alpha value is -3.54. The minimum Gasteiger partial charge on any atom is -0.361 e. The fraction of sp³-hybridized carbons (Fsp3) is 0.167. The van der Waals surface area contributed by atoms with Gasteiger partial charge in [-0.2, -0.15) is 0 Å². The van der Waals surface area contributed by atoms with E-state index in [2.05, 4.69) is 16.5 Å². The number of aryl methyl sites for hydroxylation is 1. The van der Waals surface area contributed by atoms with Crippen LogP contribution in [0.25, 0.3) is 21.8 Å². The van der Waals surface area contributed by atoms with E-state index in [1.54, 1.807) is 25.3 Å². The van der Waals surface area contributed by atoms with Crippen LogP contribution in [0.4, 0.5) is 8.78 Å². The summed E-state index contributed by atoms with van der Waals surface area (Å²) >= 11 is 0. The van der Waals surface area contributed by atoms with Gasteiger partial charge in [-0.25, -0.2) is 8.78 Å². The third-order valence-corrected chi connectivity index (χ3v) is 4.28. The molecule has 0 aliphatic rings. The molecule has 2 N–H and O–H groups in total. The van der Waals surface area contributed by atoms with Gasteiger partial charge in [0.25, 0.3) is 0 Å². The molecule has 30 heavy (non-hydrogen) atoms.